The molecule has 0 unspecified atom stereocenters. The van der Waals surface area contributed by atoms with E-state index in [1.54, 1.807) is 36.8 Å². The van der Waals surface area contributed by atoms with Crippen molar-refractivity contribution in [3.8, 4) is 0 Å². The second-order valence-corrected chi connectivity index (χ2v) is 7.91. The number of piperazine rings is 1. The van der Waals surface area contributed by atoms with E-state index >= 15 is 0 Å². The number of imidazole rings is 1. The van der Waals surface area contributed by atoms with Gasteiger partial charge in [0.2, 0.25) is 0 Å². The Labute approximate surface area is 186 Å². The highest BCUT2D eigenvalue weighted by atomic mass is 19.1. The van der Waals surface area contributed by atoms with Crippen LogP contribution >= 0.6 is 0 Å². The second kappa shape index (κ2) is 10.4. The fraction of sp³-hybridized carbons (Fsp3) is 0.333. The summed E-state index contributed by atoms with van der Waals surface area (Å²) in [4.78, 5) is 20.6. The van der Waals surface area contributed by atoms with Crippen molar-refractivity contribution >= 4 is 6.03 Å². The molecule has 32 heavy (non-hydrogen) atoms. The minimum Gasteiger partial charge on any atom is -0.338 e. The Hall–Kier alpha value is -3.26. The molecule has 1 saturated heterocycles. The van der Waals surface area contributed by atoms with Gasteiger partial charge in [-0.25, -0.2) is 18.6 Å². The molecule has 8 heteroatoms. The lowest BCUT2D eigenvalue weighted by atomic mass is 9.96. The SMILES string of the molecule is O=C(NCCCn1ccnc1)N1CCN(C(c2ccc(F)cc2)c2ccc(F)cc2)CC1. The van der Waals surface area contributed by atoms with Gasteiger partial charge in [0.1, 0.15) is 11.6 Å². The predicted octanol–water partition coefficient (Wildman–Crippen LogP) is 3.67. The van der Waals surface area contributed by atoms with Crippen molar-refractivity contribution in [2.24, 2.45) is 0 Å². The number of carbonyl (C=O) groups excluding carboxylic acids is 1. The molecule has 4 rings (SSSR count). The molecule has 2 aromatic carbocycles. The number of nitrogens with zero attached hydrogens (tertiary/aromatic N) is 4. The maximum absolute atomic E-state index is 13.5. The summed E-state index contributed by atoms with van der Waals surface area (Å²) < 4.78 is 28.9. The van der Waals surface area contributed by atoms with E-state index in [-0.39, 0.29) is 23.7 Å². The first kappa shape index (κ1) is 22.0. The maximum Gasteiger partial charge on any atom is 0.317 e. The summed E-state index contributed by atoms with van der Waals surface area (Å²) in [6.45, 7) is 3.93. The molecule has 0 bridgehead atoms. The Balaban J connectivity index is 1.35. The van der Waals surface area contributed by atoms with Gasteiger partial charge >= 0.3 is 6.03 Å². The summed E-state index contributed by atoms with van der Waals surface area (Å²) in [6.07, 6.45) is 6.24. The normalized spacial score (nSPS) is 14.7. The van der Waals surface area contributed by atoms with Crippen LogP contribution in [0.25, 0.3) is 0 Å². The van der Waals surface area contributed by atoms with E-state index in [0.29, 0.717) is 32.7 Å². The van der Waals surface area contributed by atoms with Crippen molar-refractivity contribution in [2.45, 2.75) is 19.0 Å². The molecule has 1 aromatic heterocycles. The molecule has 2 heterocycles. The average Bonchev–Trinajstić information content (AvgIpc) is 3.33. The standard InChI is InChI=1S/C24H27F2N5O/c25-21-6-2-19(3-7-21)23(20-4-8-22(26)9-5-20)30-14-16-31(17-15-30)24(32)28-10-1-12-29-13-11-27-18-29/h2-9,11,13,18,23H,1,10,12,14-17H2,(H,28,32). The Morgan fingerprint density at radius 2 is 1.53 bits per heavy atom. The Morgan fingerprint density at radius 3 is 2.06 bits per heavy atom. The molecule has 1 aliphatic rings. The molecule has 3 aromatic rings. The second-order valence-electron chi connectivity index (χ2n) is 7.91. The van der Waals surface area contributed by atoms with Crippen molar-refractivity contribution in [2.75, 3.05) is 32.7 Å². The summed E-state index contributed by atoms with van der Waals surface area (Å²) in [7, 11) is 0. The lowest BCUT2D eigenvalue weighted by molar-refractivity contribution is 0.120. The molecule has 0 spiro atoms. The summed E-state index contributed by atoms with van der Waals surface area (Å²) in [6, 6.07) is 12.7. The smallest absolute Gasteiger partial charge is 0.317 e. The van der Waals surface area contributed by atoms with Crippen molar-refractivity contribution in [1.82, 2.24) is 24.7 Å². The topological polar surface area (TPSA) is 53.4 Å². The maximum atomic E-state index is 13.5. The Kier molecular flexibility index (Phi) is 7.11. The summed E-state index contributed by atoms with van der Waals surface area (Å²) >= 11 is 0. The minimum absolute atomic E-state index is 0.0598. The predicted molar refractivity (Wildman–Crippen MR) is 118 cm³/mol. The molecule has 168 valence electrons. The highest BCUT2D eigenvalue weighted by Gasteiger charge is 2.28. The van der Waals surface area contributed by atoms with Crippen molar-refractivity contribution in [1.29, 1.82) is 0 Å². The van der Waals surface area contributed by atoms with E-state index in [9.17, 15) is 13.6 Å². The molecule has 0 aliphatic carbocycles. The van der Waals surface area contributed by atoms with E-state index in [1.165, 1.54) is 24.3 Å². The van der Waals surface area contributed by atoms with E-state index in [1.807, 2.05) is 15.7 Å². The van der Waals surface area contributed by atoms with Gasteiger partial charge in [-0.3, -0.25) is 4.90 Å². The zero-order valence-electron chi connectivity index (χ0n) is 17.8. The molecular formula is C24H27F2N5O. The van der Waals surface area contributed by atoms with Crippen LogP contribution in [0.1, 0.15) is 23.6 Å². The van der Waals surface area contributed by atoms with Crippen LogP contribution in [0.2, 0.25) is 0 Å². The number of hydrogen-bond donors (Lipinski definition) is 1. The van der Waals surface area contributed by atoms with Crippen molar-refractivity contribution in [3.63, 3.8) is 0 Å². The molecule has 1 fully saturated rings. The molecule has 0 saturated carbocycles. The third-order valence-corrected chi connectivity index (χ3v) is 5.77. The van der Waals surface area contributed by atoms with Gasteiger partial charge in [0.15, 0.2) is 0 Å². The van der Waals surface area contributed by atoms with Gasteiger partial charge in [0.25, 0.3) is 0 Å². The van der Waals surface area contributed by atoms with E-state index in [0.717, 1.165) is 24.1 Å². The Bertz CT molecular complexity index is 939. The van der Waals surface area contributed by atoms with Crippen molar-refractivity contribution < 1.29 is 13.6 Å². The lowest BCUT2D eigenvalue weighted by Crippen LogP contribution is -2.52. The van der Waals surface area contributed by atoms with E-state index < -0.39 is 0 Å². The average molecular weight is 440 g/mol. The number of rotatable bonds is 7. The van der Waals surface area contributed by atoms with Gasteiger partial charge in [0, 0.05) is 51.7 Å². The first-order valence-corrected chi connectivity index (χ1v) is 10.8. The van der Waals surface area contributed by atoms with Crippen molar-refractivity contribution in [3.05, 3.63) is 90.0 Å². The van der Waals surface area contributed by atoms with E-state index in [2.05, 4.69) is 15.2 Å². The number of hydrogen-bond acceptors (Lipinski definition) is 3. The number of benzene rings is 2. The summed E-state index contributed by atoms with van der Waals surface area (Å²) in [5, 5.41) is 2.99. The van der Waals surface area contributed by atoms with Crippen LogP contribution in [-0.4, -0.2) is 58.1 Å². The van der Waals surface area contributed by atoms with Gasteiger partial charge in [0.05, 0.1) is 12.4 Å². The summed E-state index contributed by atoms with van der Waals surface area (Å²) in [5.41, 5.74) is 1.88. The molecular weight excluding hydrogens is 412 g/mol. The molecule has 6 nitrogen and oxygen atoms in total. The fourth-order valence-corrected chi connectivity index (χ4v) is 4.08. The first-order chi connectivity index (χ1) is 15.6. The Morgan fingerprint density at radius 1 is 0.938 bits per heavy atom. The van der Waals surface area contributed by atoms with Crippen LogP contribution in [0.4, 0.5) is 13.6 Å². The number of urea groups is 1. The van der Waals surface area contributed by atoms with Gasteiger partial charge in [-0.2, -0.15) is 0 Å². The van der Waals surface area contributed by atoms with Crippen LogP contribution in [0.15, 0.2) is 67.3 Å². The van der Waals surface area contributed by atoms with Crippen LogP contribution in [0.3, 0.4) is 0 Å². The molecule has 1 aliphatic heterocycles. The third kappa shape index (κ3) is 5.50. The zero-order valence-corrected chi connectivity index (χ0v) is 17.8. The number of carbonyl (C=O) groups is 1. The fourth-order valence-electron chi connectivity index (χ4n) is 4.08. The zero-order chi connectivity index (χ0) is 22.3. The summed E-state index contributed by atoms with van der Waals surface area (Å²) in [5.74, 6) is -0.581. The number of aryl methyl sites for hydroxylation is 1. The van der Waals surface area contributed by atoms with Crippen LogP contribution in [-0.2, 0) is 6.54 Å². The van der Waals surface area contributed by atoms with Gasteiger partial charge in [-0.05, 0) is 41.8 Å². The monoisotopic (exact) mass is 439 g/mol. The molecule has 1 N–H and O–H groups in total. The number of nitrogens with one attached hydrogen (secondary N) is 1. The third-order valence-electron chi connectivity index (χ3n) is 5.77. The van der Waals surface area contributed by atoms with Gasteiger partial charge < -0.3 is 14.8 Å². The lowest BCUT2D eigenvalue weighted by Gasteiger charge is -2.39. The van der Waals surface area contributed by atoms with Crippen LogP contribution < -0.4 is 5.32 Å². The highest BCUT2D eigenvalue weighted by Crippen LogP contribution is 2.30. The van der Waals surface area contributed by atoms with E-state index in [4.69, 9.17) is 0 Å². The quantitative estimate of drug-likeness (QED) is 0.572. The minimum atomic E-state index is -0.291. The highest BCUT2D eigenvalue weighted by molar-refractivity contribution is 5.74. The number of amides is 2. The number of aromatic nitrogens is 2. The van der Waals surface area contributed by atoms with Crippen LogP contribution in [0, 0.1) is 11.6 Å². The molecule has 0 radical (unpaired) electrons. The van der Waals surface area contributed by atoms with Crippen LogP contribution in [0.5, 0.6) is 0 Å². The largest absolute Gasteiger partial charge is 0.338 e. The first-order valence-electron chi connectivity index (χ1n) is 10.8. The molecule has 2 amide bonds. The number of halogens is 2. The van der Waals surface area contributed by atoms with Gasteiger partial charge in [-0.1, -0.05) is 24.3 Å². The molecule has 0 atom stereocenters. The van der Waals surface area contributed by atoms with Gasteiger partial charge in [-0.15, -0.1) is 0 Å².